The van der Waals surface area contributed by atoms with Crippen LogP contribution in [0, 0.1) is 5.92 Å². The van der Waals surface area contributed by atoms with Gasteiger partial charge in [0.1, 0.15) is 5.75 Å². The number of para-hydroxylation sites is 1. The van der Waals surface area contributed by atoms with Gasteiger partial charge >= 0.3 is 0 Å². The second-order valence-electron chi connectivity index (χ2n) is 9.66. The van der Waals surface area contributed by atoms with Crippen molar-refractivity contribution >= 4 is 23.6 Å². The monoisotopic (exact) mass is 519 g/mol. The van der Waals surface area contributed by atoms with Crippen molar-refractivity contribution in [3.63, 3.8) is 0 Å². The first kappa shape index (κ1) is 25.3. The molecule has 0 spiro atoms. The normalized spacial score (nSPS) is 17.6. The minimum atomic E-state index is 0.0830. The number of hydrogen-bond acceptors (Lipinski definition) is 6. The van der Waals surface area contributed by atoms with Gasteiger partial charge in [-0.2, -0.15) is 0 Å². The zero-order valence-corrected chi connectivity index (χ0v) is 22.2. The lowest BCUT2D eigenvalue weighted by molar-refractivity contribution is -0.143. The Bertz CT molecular complexity index is 1240. The lowest BCUT2D eigenvalue weighted by Crippen LogP contribution is -2.55. The van der Waals surface area contributed by atoms with Crippen LogP contribution >= 0.6 is 11.8 Å². The second kappa shape index (κ2) is 11.4. The predicted molar refractivity (Wildman–Crippen MR) is 144 cm³/mol. The van der Waals surface area contributed by atoms with Crippen molar-refractivity contribution < 1.29 is 14.3 Å². The zero-order valence-electron chi connectivity index (χ0n) is 21.4. The van der Waals surface area contributed by atoms with E-state index in [4.69, 9.17) is 4.74 Å². The summed E-state index contributed by atoms with van der Waals surface area (Å²) in [7, 11) is 1.65. The molecule has 1 atom stereocenters. The van der Waals surface area contributed by atoms with E-state index in [1.54, 1.807) is 18.9 Å². The van der Waals surface area contributed by atoms with Gasteiger partial charge in [0.25, 0.3) is 0 Å². The molecular weight excluding hydrogens is 486 g/mol. The van der Waals surface area contributed by atoms with E-state index in [2.05, 4.69) is 14.8 Å². The van der Waals surface area contributed by atoms with Crippen LogP contribution in [0.2, 0.25) is 0 Å². The number of methoxy groups -OCH3 is 1. The number of rotatable bonds is 9. The highest BCUT2D eigenvalue weighted by atomic mass is 32.2. The number of nitrogens with zero attached hydrogens (tertiary/aromatic N) is 5. The molecule has 3 aromatic rings. The highest BCUT2D eigenvalue weighted by molar-refractivity contribution is 7.99. The molecule has 5 rings (SSSR count). The lowest BCUT2D eigenvalue weighted by Gasteiger charge is -2.40. The molecule has 1 aliphatic carbocycles. The van der Waals surface area contributed by atoms with Crippen LogP contribution in [0.5, 0.6) is 5.75 Å². The number of hydrogen-bond donors (Lipinski definition) is 0. The molecular formula is C28H33N5O3S. The van der Waals surface area contributed by atoms with Crippen LogP contribution in [0.25, 0.3) is 17.1 Å². The van der Waals surface area contributed by atoms with Gasteiger partial charge in [-0.15, -0.1) is 10.2 Å². The quantitative estimate of drug-likeness (QED) is 0.310. The van der Waals surface area contributed by atoms with Gasteiger partial charge in [0.2, 0.25) is 11.8 Å². The fourth-order valence-corrected chi connectivity index (χ4v) is 5.63. The van der Waals surface area contributed by atoms with Gasteiger partial charge in [0.15, 0.2) is 11.0 Å². The number of amides is 2. The molecule has 1 aliphatic heterocycles. The molecule has 2 fully saturated rings. The minimum Gasteiger partial charge on any atom is -0.497 e. The molecule has 1 unspecified atom stereocenters. The number of piperazine rings is 1. The van der Waals surface area contributed by atoms with Crippen molar-refractivity contribution in [1.29, 1.82) is 0 Å². The topological polar surface area (TPSA) is 80.6 Å². The maximum absolute atomic E-state index is 12.9. The summed E-state index contributed by atoms with van der Waals surface area (Å²) in [5, 5.41) is 9.78. The summed E-state index contributed by atoms with van der Waals surface area (Å²) in [6, 6.07) is 17.9. The van der Waals surface area contributed by atoms with Crippen LogP contribution < -0.4 is 4.74 Å². The maximum atomic E-state index is 12.9. The van der Waals surface area contributed by atoms with Crippen LogP contribution in [-0.4, -0.2) is 74.9 Å². The van der Waals surface area contributed by atoms with E-state index in [-0.39, 0.29) is 23.8 Å². The lowest BCUT2D eigenvalue weighted by atomic mass is 10.1. The Balaban J connectivity index is 1.20. The van der Waals surface area contributed by atoms with Gasteiger partial charge in [-0.3, -0.25) is 14.2 Å². The highest BCUT2D eigenvalue weighted by Crippen LogP contribution is 2.33. The van der Waals surface area contributed by atoms with Crippen LogP contribution in [-0.2, 0) is 9.59 Å². The number of thioether (sulfide) groups is 1. The molecule has 194 valence electrons. The number of carbonyl (C=O) groups is 2. The fourth-order valence-electron chi connectivity index (χ4n) is 4.74. The standard InChI is InChI=1S/C28H33N5O3S/c1-20-19-31(15-16-32(20)27(35)21-13-14-21)25(34)12-7-17-37-28-30-29-26(22-8-6-11-24(18-22)36-2)33(28)23-9-4-3-5-10-23/h3-6,8-11,18,20-21H,7,12-17,19H2,1-2H3. The van der Waals surface area contributed by atoms with Gasteiger partial charge in [0, 0.05) is 55.0 Å². The summed E-state index contributed by atoms with van der Waals surface area (Å²) in [4.78, 5) is 29.2. The Morgan fingerprint density at radius 3 is 2.59 bits per heavy atom. The van der Waals surface area contributed by atoms with Crippen molar-refractivity contribution in [2.45, 2.75) is 43.8 Å². The summed E-state index contributed by atoms with van der Waals surface area (Å²) in [5.74, 6) is 2.92. The molecule has 9 heteroatoms. The Kier molecular flexibility index (Phi) is 7.79. The average Bonchev–Trinajstić information content (AvgIpc) is 3.70. The fraction of sp³-hybridized carbons (Fsp3) is 0.429. The molecule has 1 saturated carbocycles. The third-order valence-electron chi connectivity index (χ3n) is 6.93. The molecule has 0 N–H and O–H groups in total. The molecule has 2 aromatic carbocycles. The Labute approximate surface area is 222 Å². The second-order valence-corrected chi connectivity index (χ2v) is 10.7. The smallest absolute Gasteiger partial charge is 0.226 e. The molecule has 0 bridgehead atoms. The van der Waals surface area contributed by atoms with Crippen LogP contribution in [0.3, 0.4) is 0 Å². The number of benzene rings is 2. The maximum Gasteiger partial charge on any atom is 0.226 e. The minimum absolute atomic E-state index is 0.0830. The number of aromatic nitrogens is 3. The Morgan fingerprint density at radius 2 is 1.86 bits per heavy atom. The van der Waals surface area contributed by atoms with Crippen molar-refractivity contribution in [2.75, 3.05) is 32.5 Å². The summed E-state index contributed by atoms with van der Waals surface area (Å²) >= 11 is 1.61. The van der Waals surface area contributed by atoms with Crippen LogP contribution in [0.15, 0.2) is 59.8 Å². The third-order valence-corrected chi connectivity index (χ3v) is 7.95. The number of ether oxygens (including phenoxy) is 1. The zero-order chi connectivity index (χ0) is 25.8. The molecule has 2 amide bonds. The molecule has 0 radical (unpaired) electrons. The first-order valence-corrected chi connectivity index (χ1v) is 13.9. The largest absolute Gasteiger partial charge is 0.497 e. The Hall–Kier alpha value is -3.33. The van der Waals surface area contributed by atoms with E-state index < -0.39 is 0 Å². The van der Waals surface area contributed by atoms with Gasteiger partial charge in [-0.05, 0) is 50.5 Å². The average molecular weight is 520 g/mol. The SMILES string of the molecule is COc1cccc(-c2nnc(SCCCC(=O)N3CCN(C(=O)C4CC4)C(C)C3)n2-c2ccccc2)c1. The van der Waals surface area contributed by atoms with Crippen molar-refractivity contribution in [2.24, 2.45) is 5.92 Å². The van der Waals surface area contributed by atoms with Gasteiger partial charge in [-0.25, -0.2) is 0 Å². The van der Waals surface area contributed by atoms with Crippen LogP contribution in [0.4, 0.5) is 0 Å². The highest BCUT2D eigenvalue weighted by Gasteiger charge is 2.37. The van der Waals surface area contributed by atoms with E-state index in [1.165, 1.54) is 0 Å². The summed E-state index contributed by atoms with van der Waals surface area (Å²) < 4.78 is 7.45. The summed E-state index contributed by atoms with van der Waals surface area (Å²) in [6.45, 7) is 3.94. The third kappa shape index (κ3) is 5.82. The van der Waals surface area contributed by atoms with Crippen molar-refractivity contribution in [3.05, 3.63) is 54.6 Å². The van der Waals surface area contributed by atoms with Crippen molar-refractivity contribution in [3.8, 4) is 22.8 Å². The van der Waals surface area contributed by atoms with Gasteiger partial charge < -0.3 is 14.5 Å². The Morgan fingerprint density at radius 1 is 1.05 bits per heavy atom. The summed E-state index contributed by atoms with van der Waals surface area (Å²) in [6.07, 6.45) is 3.26. The molecule has 1 aromatic heterocycles. The van der Waals surface area contributed by atoms with E-state index >= 15 is 0 Å². The van der Waals surface area contributed by atoms with E-state index in [0.29, 0.717) is 26.1 Å². The van der Waals surface area contributed by atoms with Gasteiger partial charge in [0.05, 0.1) is 7.11 Å². The number of carbonyl (C=O) groups excluding carboxylic acids is 2. The molecule has 2 heterocycles. The van der Waals surface area contributed by atoms with E-state index in [9.17, 15) is 9.59 Å². The van der Waals surface area contributed by atoms with Gasteiger partial charge in [-0.1, -0.05) is 42.1 Å². The molecule has 8 nitrogen and oxygen atoms in total. The van der Waals surface area contributed by atoms with Crippen molar-refractivity contribution in [1.82, 2.24) is 24.6 Å². The molecule has 37 heavy (non-hydrogen) atoms. The molecule has 2 aliphatic rings. The van der Waals surface area contributed by atoms with E-state index in [0.717, 1.165) is 53.0 Å². The van der Waals surface area contributed by atoms with Crippen LogP contribution in [0.1, 0.15) is 32.6 Å². The first-order chi connectivity index (χ1) is 18.0. The predicted octanol–water partition coefficient (Wildman–Crippen LogP) is 4.28. The molecule has 1 saturated heterocycles. The first-order valence-electron chi connectivity index (χ1n) is 12.9. The van der Waals surface area contributed by atoms with E-state index in [1.807, 2.05) is 71.3 Å². The summed E-state index contributed by atoms with van der Waals surface area (Å²) in [5.41, 5.74) is 1.91.